The molecule has 0 fully saturated rings. The molecule has 3 N–H and O–H groups in total. The molecule has 0 saturated carbocycles. The fourth-order valence-corrected chi connectivity index (χ4v) is 1.30. The Kier molecular flexibility index (Phi) is 3.79. The zero-order valence-electron chi connectivity index (χ0n) is 11.0. The van der Waals surface area contributed by atoms with E-state index < -0.39 is 0 Å². The van der Waals surface area contributed by atoms with E-state index in [4.69, 9.17) is 5.73 Å². The highest BCUT2D eigenvalue weighted by molar-refractivity contribution is 5.50. The number of hydrogen-bond donors (Lipinski definition) is 2. The van der Waals surface area contributed by atoms with E-state index in [1.807, 2.05) is 13.0 Å². The first-order valence-electron chi connectivity index (χ1n) is 5.79. The van der Waals surface area contributed by atoms with Gasteiger partial charge in [-0.25, -0.2) is 4.98 Å². The second-order valence-electron chi connectivity index (χ2n) is 5.43. The Balaban J connectivity index is 2.68. The van der Waals surface area contributed by atoms with Gasteiger partial charge in [0.05, 0.1) is 11.9 Å². The number of nitrogens with two attached hydrogens (primary N) is 1. The quantitative estimate of drug-likeness (QED) is 0.821. The molecule has 1 rings (SSSR count). The van der Waals surface area contributed by atoms with E-state index in [1.54, 1.807) is 6.20 Å². The molecule has 0 aliphatic rings. The highest BCUT2D eigenvalue weighted by atomic mass is 15.0. The lowest BCUT2D eigenvalue weighted by Gasteiger charge is -2.29. The molecule has 0 radical (unpaired) electrons. The summed E-state index contributed by atoms with van der Waals surface area (Å²) in [5.74, 6) is 1.57. The maximum Gasteiger partial charge on any atom is 0.129 e. The lowest BCUT2D eigenvalue weighted by Crippen LogP contribution is -2.29. The SMILES string of the molecule is Cc1cc(N)cnc1NCC(C)(C)C(C)C. The van der Waals surface area contributed by atoms with Crippen molar-refractivity contribution in [3.05, 3.63) is 17.8 Å². The molecule has 0 atom stereocenters. The van der Waals surface area contributed by atoms with Gasteiger partial charge in [0.1, 0.15) is 5.82 Å². The van der Waals surface area contributed by atoms with Gasteiger partial charge >= 0.3 is 0 Å². The van der Waals surface area contributed by atoms with Gasteiger partial charge in [0.15, 0.2) is 0 Å². The predicted octanol–water partition coefficient (Wildman–Crippen LogP) is 3.07. The summed E-state index contributed by atoms with van der Waals surface area (Å²) in [6.45, 7) is 11.9. The first kappa shape index (κ1) is 12.8. The molecule has 90 valence electrons. The summed E-state index contributed by atoms with van der Waals surface area (Å²) in [5, 5.41) is 3.40. The van der Waals surface area contributed by atoms with E-state index in [2.05, 4.69) is 38.0 Å². The average Bonchev–Trinajstić information content (AvgIpc) is 2.16. The molecule has 1 aromatic rings. The van der Waals surface area contributed by atoms with Gasteiger partial charge in [-0.3, -0.25) is 0 Å². The zero-order valence-corrected chi connectivity index (χ0v) is 11.0. The molecule has 0 aliphatic carbocycles. The van der Waals surface area contributed by atoms with Crippen LogP contribution in [0.25, 0.3) is 0 Å². The monoisotopic (exact) mass is 221 g/mol. The number of anilines is 2. The van der Waals surface area contributed by atoms with Gasteiger partial charge in [0, 0.05) is 6.54 Å². The second-order valence-corrected chi connectivity index (χ2v) is 5.43. The van der Waals surface area contributed by atoms with Crippen molar-refractivity contribution in [1.82, 2.24) is 4.98 Å². The summed E-state index contributed by atoms with van der Waals surface area (Å²) in [6.07, 6.45) is 1.69. The number of nitrogens with one attached hydrogen (secondary N) is 1. The minimum absolute atomic E-state index is 0.259. The second kappa shape index (κ2) is 4.73. The van der Waals surface area contributed by atoms with Gasteiger partial charge in [0.25, 0.3) is 0 Å². The molecule has 0 amide bonds. The number of nitrogen functional groups attached to an aromatic ring is 1. The summed E-state index contributed by atoms with van der Waals surface area (Å²) < 4.78 is 0. The number of pyridine rings is 1. The first-order valence-corrected chi connectivity index (χ1v) is 5.79. The number of nitrogens with zero attached hydrogens (tertiary/aromatic N) is 1. The van der Waals surface area contributed by atoms with Crippen molar-refractivity contribution in [3.8, 4) is 0 Å². The van der Waals surface area contributed by atoms with Crippen LogP contribution in [0.4, 0.5) is 11.5 Å². The predicted molar refractivity (Wildman–Crippen MR) is 70.5 cm³/mol. The maximum absolute atomic E-state index is 5.67. The van der Waals surface area contributed by atoms with E-state index in [1.165, 1.54) is 0 Å². The maximum atomic E-state index is 5.67. The fourth-order valence-electron chi connectivity index (χ4n) is 1.30. The molecule has 3 nitrogen and oxygen atoms in total. The van der Waals surface area contributed by atoms with Gasteiger partial charge in [-0.05, 0) is 29.9 Å². The van der Waals surface area contributed by atoms with Crippen LogP contribution in [0.3, 0.4) is 0 Å². The Hall–Kier alpha value is -1.25. The Morgan fingerprint density at radius 1 is 1.44 bits per heavy atom. The van der Waals surface area contributed by atoms with E-state index in [-0.39, 0.29) is 5.41 Å². The third kappa shape index (κ3) is 3.12. The third-order valence-electron chi connectivity index (χ3n) is 3.37. The van der Waals surface area contributed by atoms with Crippen molar-refractivity contribution in [2.24, 2.45) is 11.3 Å². The first-order chi connectivity index (χ1) is 7.33. The topological polar surface area (TPSA) is 50.9 Å². The van der Waals surface area contributed by atoms with Crippen LogP contribution < -0.4 is 11.1 Å². The minimum atomic E-state index is 0.259. The summed E-state index contributed by atoms with van der Waals surface area (Å²) in [4.78, 5) is 4.30. The molecule has 3 heteroatoms. The highest BCUT2D eigenvalue weighted by Gasteiger charge is 2.22. The van der Waals surface area contributed by atoms with Gasteiger partial charge < -0.3 is 11.1 Å². The van der Waals surface area contributed by atoms with Crippen molar-refractivity contribution in [3.63, 3.8) is 0 Å². The summed E-state index contributed by atoms with van der Waals surface area (Å²) in [7, 11) is 0. The zero-order chi connectivity index (χ0) is 12.3. The summed E-state index contributed by atoms with van der Waals surface area (Å²) in [5.41, 5.74) is 7.74. The fraction of sp³-hybridized carbons (Fsp3) is 0.615. The molecule has 0 unspecified atom stereocenters. The molecule has 0 spiro atoms. The van der Waals surface area contributed by atoms with Crippen LogP contribution in [-0.4, -0.2) is 11.5 Å². The number of rotatable bonds is 4. The van der Waals surface area contributed by atoms with Crippen molar-refractivity contribution < 1.29 is 0 Å². The van der Waals surface area contributed by atoms with Crippen LogP contribution in [-0.2, 0) is 0 Å². The third-order valence-corrected chi connectivity index (χ3v) is 3.37. The minimum Gasteiger partial charge on any atom is -0.397 e. The van der Waals surface area contributed by atoms with Gasteiger partial charge in [0.2, 0.25) is 0 Å². The van der Waals surface area contributed by atoms with Crippen molar-refractivity contribution in [2.45, 2.75) is 34.6 Å². The molecule has 0 bridgehead atoms. The Morgan fingerprint density at radius 3 is 2.56 bits per heavy atom. The van der Waals surface area contributed by atoms with E-state index in [9.17, 15) is 0 Å². The lowest BCUT2D eigenvalue weighted by atomic mass is 9.81. The van der Waals surface area contributed by atoms with E-state index >= 15 is 0 Å². The largest absolute Gasteiger partial charge is 0.397 e. The normalized spacial score (nSPS) is 11.9. The molecule has 0 aliphatic heterocycles. The van der Waals surface area contributed by atoms with E-state index in [0.29, 0.717) is 11.6 Å². The molecule has 16 heavy (non-hydrogen) atoms. The molecule has 1 heterocycles. The molecule has 0 saturated heterocycles. The lowest BCUT2D eigenvalue weighted by molar-refractivity contribution is 0.269. The standard InChI is InChI=1S/C13H23N3/c1-9(2)13(4,5)8-16-12-10(3)6-11(14)7-15-12/h6-7,9H,8,14H2,1-5H3,(H,15,16). The van der Waals surface area contributed by atoms with Crippen LogP contribution >= 0.6 is 0 Å². The average molecular weight is 221 g/mol. The molecular formula is C13H23N3. The summed E-state index contributed by atoms with van der Waals surface area (Å²) >= 11 is 0. The van der Waals surface area contributed by atoms with Crippen LogP contribution in [0.1, 0.15) is 33.3 Å². The Labute approximate surface area is 98.5 Å². The smallest absolute Gasteiger partial charge is 0.129 e. The molecule has 1 aromatic heterocycles. The summed E-state index contributed by atoms with van der Waals surface area (Å²) in [6, 6.07) is 1.94. The highest BCUT2D eigenvalue weighted by Crippen LogP contribution is 2.26. The van der Waals surface area contributed by atoms with Crippen molar-refractivity contribution in [2.75, 3.05) is 17.6 Å². The van der Waals surface area contributed by atoms with Crippen LogP contribution in [0.15, 0.2) is 12.3 Å². The van der Waals surface area contributed by atoms with Gasteiger partial charge in [-0.15, -0.1) is 0 Å². The van der Waals surface area contributed by atoms with Crippen molar-refractivity contribution in [1.29, 1.82) is 0 Å². The van der Waals surface area contributed by atoms with Gasteiger partial charge in [-0.2, -0.15) is 0 Å². The number of hydrogen-bond acceptors (Lipinski definition) is 3. The van der Waals surface area contributed by atoms with Crippen LogP contribution in [0, 0.1) is 18.3 Å². The van der Waals surface area contributed by atoms with Crippen LogP contribution in [0.5, 0.6) is 0 Å². The molecule has 0 aromatic carbocycles. The van der Waals surface area contributed by atoms with Crippen molar-refractivity contribution >= 4 is 11.5 Å². The number of aromatic nitrogens is 1. The van der Waals surface area contributed by atoms with E-state index in [0.717, 1.165) is 17.9 Å². The van der Waals surface area contributed by atoms with Gasteiger partial charge in [-0.1, -0.05) is 27.7 Å². The Morgan fingerprint density at radius 2 is 2.06 bits per heavy atom. The number of aryl methyl sites for hydroxylation is 1. The van der Waals surface area contributed by atoms with Crippen LogP contribution in [0.2, 0.25) is 0 Å². The Bertz CT molecular complexity index is 356. The molecular weight excluding hydrogens is 198 g/mol.